The summed E-state index contributed by atoms with van der Waals surface area (Å²) in [5.74, 6) is 0.231. The number of hydrogen-bond acceptors (Lipinski definition) is 1. The van der Waals surface area contributed by atoms with Crippen LogP contribution in [0.4, 0.5) is 0 Å². The van der Waals surface area contributed by atoms with Gasteiger partial charge in [0.15, 0.2) is 0 Å². The van der Waals surface area contributed by atoms with Crippen LogP contribution in [0.2, 0.25) is 10.0 Å². The van der Waals surface area contributed by atoms with Gasteiger partial charge in [-0.2, -0.15) is 0 Å². The zero-order valence-corrected chi connectivity index (χ0v) is 11.7. The first-order valence-corrected chi connectivity index (χ1v) is 6.36. The summed E-state index contributed by atoms with van der Waals surface area (Å²) in [6, 6.07) is 10.6. The standard InChI is InChI=1S/C12H7Cl2IO/c13-8-4-2-5-9(14)11(8)7-3-1-6-10(16)12(7)15/h1-6,16H. The van der Waals surface area contributed by atoms with Gasteiger partial charge in [0.05, 0.1) is 3.57 Å². The number of phenolic OH excluding ortho intramolecular Hbond substituents is 1. The molecule has 2 aromatic rings. The first-order chi connectivity index (χ1) is 7.61. The Hall–Kier alpha value is -0.450. The Bertz CT molecular complexity index is 520. The summed E-state index contributed by atoms with van der Waals surface area (Å²) < 4.78 is 0.745. The summed E-state index contributed by atoms with van der Waals surface area (Å²) in [7, 11) is 0. The van der Waals surface area contributed by atoms with Crippen molar-refractivity contribution >= 4 is 45.8 Å². The van der Waals surface area contributed by atoms with Crippen LogP contribution in [0.3, 0.4) is 0 Å². The molecule has 0 unspecified atom stereocenters. The highest BCUT2D eigenvalue weighted by Crippen LogP contribution is 2.39. The Balaban J connectivity index is 2.73. The third-order valence-corrected chi connectivity index (χ3v) is 3.97. The van der Waals surface area contributed by atoms with Gasteiger partial charge in [0.25, 0.3) is 0 Å². The molecule has 0 heterocycles. The quantitative estimate of drug-likeness (QED) is 0.708. The van der Waals surface area contributed by atoms with Crippen LogP contribution in [-0.4, -0.2) is 5.11 Å². The molecule has 0 aliphatic rings. The molecule has 4 heteroatoms. The van der Waals surface area contributed by atoms with Crippen molar-refractivity contribution in [2.24, 2.45) is 0 Å². The van der Waals surface area contributed by atoms with Crippen LogP contribution in [0.15, 0.2) is 36.4 Å². The second-order valence-electron chi connectivity index (χ2n) is 3.24. The molecule has 0 aliphatic carbocycles. The number of benzene rings is 2. The van der Waals surface area contributed by atoms with Crippen LogP contribution < -0.4 is 0 Å². The second-order valence-corrected chi connectivity index (χ2v) is 5.13. The fraction of sp³-hybridized carbons (Fsp3) is 0. The van der Waals surface area contributed by atoms with Crippen LogP contribution in [0.5, 0.6) is 5.75 Å². The number of aromatic hydroxyl groups is 1. The normalized spacial score (nSPS) is 10.4. The third kappa shape index (κ3) is 2.14. The summed E-state index contributed by atoms with van der Waals surface area (Å²) in [4.78, 5) is 0. The predicted octanol–water partition coefficient (Wildman–Crippen LogP) is 4.97. The van der Waals surface area contributed by atoms with E-state index >= 15 is 0 Å². The van der Waals surface area contributed by atoms with E-state index in [1.807, 2.05) is 6.07 Å². The van der Waals surface area contributed by atoms with E-state index in [4.69, 9.17) is 23.2 Å². The minimum Gasteiger partial charge on any atom is -0.507 e. The van der Waals surface area contributed by atoms with E-state index in [2.05, 4.69) is 22.6 Å². The van der Waals surface area contributed by atoms with Crippen molar-refractivity contribution in [2.75, 3.05) is 0 Å². The second kappa shape index (κ2) is 4.82. The summed E-state index contributed by atoms with van der Waals surface area (Å²) in [5, 5.41) is 10.8. The van der Waals surface area contributed by atoms with Gasteiger partial charge in [-0.25, -0.2) is 0 Å². The highest BCUT2D eigenvalue weighted by molar-refractivity contribution is 14.1. The van der Waals surface area contributed by atoms with E-state index in [9.17, 15) is 5.11 Å². The number of hydrogen-bond donors (Lipinski definition) is 1. The van der Waals surface area contributed by atoms with E-state index in [0.29, 0.717) is 10.0 Å². The molecule has 1 N–H and O–H groups in total. The highest BCUT2D eigenvalue weighted by Gasteiger charge is 2.12. The highest BCUT2D eigenvalue weighted by atomic mass is 127. The summed E-state index contributed by atoms with van der Waals surface area (Å²) in [5.41, 5.74) is 1.60. The maximum absolute atomic E-state index is 9.65. The molecule has 0 spiro atoms. The molecular weight excluding hydrogens is 358 g/mol. The van der Waals surface area contributed by atoms with Gasteiger partial charge in [0, 0.05) is 21.2 Å². The minimum absolute atomic E-state index is 0.231. The van der Waals surface area contributed by atoms with Crippen LogP contribution in [0.25, 0.3) is 11.1 Å². The van der Waals surface area contributed by atoms with Gasteiger partial charge in [-0.1, -0.05) is 41.4 Å². The average molecular weight is 365 g/mol. The zero-order valence-electron chi connectivity index (χ0n) is 8.05. The Kier molecular flexibility index (Phi) is 3.62. The average Bonchev–Trinajstić information content (AvgIpc) is 2.24. The zero-order chi connectivity index (χ0) is 11.7. The van der Waals surface area contributed by atoms with Crippen molar-refractivity contribution in [2.45, 2.75) is 0 Å². The molecule has 0 aliphatic heterocycles. The summed E-state index contributed by atoms with van der Waals surface area (Å²) in [6.45, 7) is 0. The van der Waals surface area contributed by atoms with Gasteiger partial charge in [0.2, 0.25) is 0 Å². The fourth-order valence-electron chi connectivity index (χ4n) is 1.47. The maximum atomic E-state index is 9.65. The lowest BCUT2D eigenvalue weighted by Crippen LogP contribution is -1.86. The van der Waals surface area contributed by atoms with Gasteiger partial charge < -0.3 is 5.11 Å². The molecule has 1 nitrogen and oxygen atoms in total. The number of rotatable bonds is 1. The molecule has 2 aromatic carbocycles. The monoisotopic (exact) mass is 364 g/mol. The largest absolute Gasteiger partial charge is 0.507 e. The van der Waals surface area contributed by atoms with Gasteiger partial charge in [-0.05, 0) is 40.8 Å². The SMILES string of the molecule is Oc1cccc(-c2c(Cl)cccc2Cl)c1I. The summed E-state index contributed by atoms with van der Waals surface area (Å²) in [6.07, 6.45) is 0. The summed E-state index contributed by atoms with van der Waals surface area (Å²) >= 11 is 14.3. The van der Waals surface area contributed by atoms with Crippen LogP contribution in [0, 0.1) is 3.57 Å². The molecule has 0 amide bonds. The molecule has 0 aromatic heterocycles. The van der Waals surface area contributed by atoms with Crippen LogP contribution in [-0.2, 0) is 0 Å². The van der Waals surface area contributed by atoms with Crippen molar-refractivity contribution in [3.8, 4) is 16.9 Å². The first-order valence-electron chi connectivity index (χ1n) is 4.53. The van der Waals surface area contributed by atoms with Gasteiger partial charge in [-0.3, -0.25) is 0 Å². The molecule has 0 bridgehead atoms. The van der Waals surface area contributed by atoms with Crippen LogP contribution in [0.1, 0.15) is 0 Å². The molecule has 82 valence electrons. The molecule has 16 heavy (non-hydrogen) atoms. The van der Waals surface area contributed by atoms with Gasteiger partial charge >= 0.3 is 0 Å². The topological polar surface area (TPSA) is 20.2 Å². The lowest BCUT2D eigenvalue weighted by molar-refractivity contribution is 0.472. The lowest BCUT2D eigenvalue weighted by atomic mass is 10.1. The molecular formula is C12H7Cl2IO. The number of phenols is 1. The van der Waals surface area contributed by atoms with Crippen molar-refractivity contribution in [1.82, 2.24) is 0 Å². The lowest BCUT2D eigenvalue weighted by Gasteiger charge is -2.10. The van der Waals surface area contributed by atoms with E-state index in [-0.39, 0.29) is 5.75 Å². The van der Waals surface area contributed by atoms with Crippen molar-refractivity contribution in [1.29, 1.82) is 0 Å². The first kappa shape index (κ1) is 12.0. The fourth-order valence-corrected chi connectivity index (χ4v) is 2.70. The van der Waals surface area contributed by atoms with E-state index in [1.165, 1.54) is 0 Å². The minimum atomic E-state index is 0.231. The maximum Gasteiger partial charge on any atom is 0.129 e. The Morgan fingerprint density at radius 1 is 0.938 bits per heavy atom. The van der Waals surface area contributed by atoms with E-state index < -0.39 is 0 Å². The smallest absolute Gasteiger partial charge is 0.129 e. The van der Waals surface area contributed by atoms with Gasteiger partial charge in [0.1, 0.15) is 5.75 Å². The molecule has 2 rings (SSSR count). The van der Waals surface area contributed by atoms with Crippen molar-refractivity contribution < 1.29 is 5.11 Å². The van der Waals surface area contributed by atoms with E-state index in [0.717, 1.165) is 14.7 Å². The predicted molar refractivity (Wildman–Crippen MR) is 76.3 cm³/mol. The molecule has 0 saturated carbocycles. The Morgan fingerprint density at radius 2 is 1.50 bits per heavy atom. The molecule has 0 atom stereocenters. The molecule has 0 saturated heterocycles. The third-order valence-electron chi connectivity index (χ3n) is 2.21. The Labute approximate surface area is 117 Å². The van der Waals surface area contributed by atoms with Crippen molar-refractivity contribution in [3.63, 3.8) is 0 Å². The number of halogens is 3. The van der Waals surface area contributed by atoms with Gasteiger partial charge in [-0.15, -0.1) is 0 Å². The molecule has 0 radical (unpaired) electrons. The Morgan fingerprint density at radius 3 is 2.12 bits per heavy atom. The molecule has 0 fully saturated rings. The van der Waals surface area contributed by atoms with Crippen molar-refractivity contribution in [3.05, 3.63) is 50.0 Å². The van der Waals surface area contributed by atoms with Crippen LogP contribution >= 0.6 is 45.8 Å². The van der Waals surface area contributed by atoms with E-state index in [1.54, 1.807) is 30.3 Å².